The monoisotopic (exact) mass is 689 g/mol. The van der Waals surface area contributed by atoms with E-state index in [0.717, 1.165) is 50.1 Å². The van der Waals surface area contributed by atoms with Crippen molar-refractivity contribution in [1.82, 2.24) is 0 Å². The maximum Gasteiger partial charge on any atom is 0.137 e. The summed E-state index contributed by atoms with van der Waals surface area (Å²) in [6.07, 6.45) is 4.35. The number of para-hydroxylation sites is 2. The van der Waals surface area contributed by atoms with E-state index in [2.05, 4.69) is 193 Å². The van der Waals surface area contributed by atoms with Crippen LogP contribution in [0.25, 0.3) is 45.2 Å². The molecule has 0 saturated carbocycles. The van der Waals surface area contributed by atoms with Crippen molar-refractivity contribution in [3.63, 3.8) is 0 Å². The van der Waals surface area contributed by atoms with E-state index >= 15 is 0 Å². The lowest BCUT2D eigenvalue weighted by atomic mass is 9.61. The standard InChI is InChI=1S/C52H35NO/c1-3-11-38(12-4-1)53(39-13-5-2-6-14-39)40-27-30-42-41-28-23-35(31-49(41)54-50(42)33-40)20-19-34-21-24-36(25-22-34)37-26-29-47-48(32-37)52-45-17-9-7-15-43(45)51(47)44-16-8-10-18-46(44)52/h1-33,51-52H/b20-19+. The highest BCUT2D eigenvalue weighted by molar-refractivity contribution is 6.06. The van der Waals surface area contributed by atoms with Gasteiger partial charge in [-0.3, -0.25) is 0 Å². The summed E-state index contributed by atoms with van der Waals surface area (Å²) in [7, 11) is 0. The molecule has 2 heteroatoms. The lowest BCUT2D eigenvalue weighted by Crippen LogP contribution is -2.27. The Morgan fingerprint density at radius 1 is 0.352 bits per heavy atom. The maximum atomic E-state index is 6.51. The minimum Gasteiger partial charge on any atom is -0.456 e. The second-order valence-corrected chi connectivity index (χ2v) is 14.5. The average molecular weight is 690 g/mol. The van der Waals surface area contributed by atoms with E-state index in [1.807, 2.05) is 12.1 Å². The normalized spacial score (nSPS) is 15.3. The zero-order valence-corrected chi connectivity index (χ0v) is 29.6. The minimum absolute atomic E-state index is 0.281. The maximum absolute atomic E-state index is 6.51. The van der Waals surface area contributed by atoms with Crippen LogP contribution >= 0.6 is 0 Å². The third kappa shape index (κ3) is 4.95. The van der Waals surface area contributed by atoms with Gasteiger partial charge in [-0.2, -0.15) is 0 Å². The average Bonchev–Trinajstić information content (AvgIpc) is 3.61. The Labute approximate surface area is 314 Å². The van der Waals surface area contributed by atoms with Gasteiger partial charge in [-0.15, -0.1) is 0 Å². The smallest absolute Gasteiger partial charge is 0.137 e. The molecule has 0 amide bonds. The largest absolute Gasteiger partial charge is 0.456 e. The molecule has 8 aromatic carbocycles. The highest BCUT2D eigenvalue weighted by atomic mass is 16.3. The number of anilines is 3. The molecule has 54 heavy (non-hydrogen) atoms. The minimum atomic E-state index is 0.281. The topological polar surface area (TPSA) is 16.4 Å². The molecule has 0 fully saturated rings. The van der Waals surface area contributed by atoms with E-state index in [0.29, 0.717) is 5.92 Å². The molecule has 12 rings (SSSR count). The van der Waals surface area contributed by atoms with Crippen LogP contribution in [0.5, 0.6) is 0 Å². The predicted octanol–water partition coefficient (Wildman–Crippen LogP) is 13.9. The van der Waals surface area contributed by atoms with Gasteiger partial charge in [-0.25, -0.2) is 0 Å². The summed E-state index contributed by atoms with van der Waals surface area (Å²) in [5.41, 5.74) is 18.5. The van der Waals surface area contributed by atoms with Gasteiger partial charge >= 0.3 is 0 Å². The van der Waals surface area contributed by atoms with Crippen molar-refractivity contribution < 1.29 is 4.42 Å². The van der Waals surface area contributed by atoms with E-state index in [9.17, 15) is 0 Å². The fourth-order valence-corrected chi connectivity index (χ4v) is 8.95. The Bertz CT molecular complexity index is 2800. The molecule has 0 unspecified atom stereocenters. The molecule has 0 aliphatic heterocycles. The lowest BCUT2D eigenvalue weighted by molar-refractivity contribution is 0.669. The molecule has 9 aromatic rings. The fourth-order valence-electron chi connectivity index (χ4n) is 8.95. The summed E-state index contributed by atoms with van der Waals surface area (Å²) in [6.45, 7) is 0. The highest BCUT2D eigenvalue weighted by Gasteiger charge is 2.40. The quantitative estimate of drug-likeness (QED) is 0.162. The van der Waals surface area contributed by atoms with E-state index in [1.54, 1.807) is 0 Å². The number of fused-ring (bicyclic) bond motifs is 3. The van der Waals surface area contributed by atoms with E-state index in [4.69, 9.17) is 4.42 Å². The molecule has 3 aliphatic rings. The molecule has 3 aliphatic carbocycles. The molecule has 2 nitrogen and oxygen atoms in total. The predicted molar refractivity (Wildman–Crippen MR) is 224 cm³/mol. The fraction of sp³-hybridized carbons (Fsp3) is 0.0385. The number of nitrogens with zero attached hydrogens (tertiary/aromatic N) is 1. The molecule has 0 radical (unpaired) electrons. The summed E-state index contributed by atoms with van der Waals surface area (Å²) >= 11 is 0. The van der Waals surface area contributed by atoms with Crippen LogP contribution in [0.3, 0.4) is 0 Å². The summed E-state index contributed by atoms with van der Waals surface area (Å²) in [5, 5.41) is 2.23. The number of hydrogen-bond donors (Lipinski definition) is 0. The van der Waals surface area contributed by atoms with Crippen molar-refractivity contribution >= 4 is 51.2 Å². The van der Waals surface area contributed by atoms with Crippen LogP contribution in [-0.4, -0.2) is 0 Å². The van der Waals surface area contributed by atoms with Crippen LogP contribution in [0, 0.1) is 0 Å². The summed E-state index contributed by atoms with van der Waals surface area (Å²) in [5.74, 6) is 0.587. The Morgan fingerprint density at radius 2 is 0.833 bits per heavy atom. The second-order valence-electron chi connectivity index (χ2n) is 14.5. The second kappa shape index (κ2) is 12.4. The van der Waals surface area contributed by atoms with Crippen LogP contribution in [0.2, 0.25) is 0 Å². The van der Waals surface area contributed by atoms with E-state index in [1.165, 1.54) is 44.5 Å². The van der Waals surface area contributed by atoms with Crippen LogP contribution < -0.4 is 4.90 Å². The Hall–Kier alpha value is -6.90. The molecule has 254 valence electrons. The van der Waals surface area contributed by atoms with Gasteiger partial charge in [0.05, 0.1) is 0 Å². The van der Waals surface area contributed by atoms with Crippen molar-refractivity contribution in [3.8, 4) is 11.1 Å². The third-order valence-corrected chi connectivity index (χ3v) is 11.4. The van der Waals surface area contributed by atoms with Gasteiger partial charge in [0.15, 0.2) is 0 Å². The van der Waals surface area contributed by atoms with E-state index in [-0.39, 0.29) is 5.92 Å². The first-order chi connectivity index (χ1) is 26.8. The van der Waals surface area contributed by atoms with Crippen LogP contribution in [0.1, 0.15) is 56.3 Å². The molecule has 0 N–H and O–H groups in total. The lowest BCUT2D eigenvalue weighted by Gasteiger charge is -2.42. The van der Waals surface area contributed by atoms with Gasteiger partial charge in [0, 0.05) is 45.7 Å². The van der Waals surface area contributed by atoms with Gasteiger partial charge in [0.2, 0.25) is 0 Å². The zero-order chi connectivity index (χ0) is 35.6. The van der Waals surface area contributed by atoms with Crippen molar-refractivity contribution in [2.75, 3.05) is 4.90 Å². The van der Waals surface area contributed by atoms with Crippen molar-refractivity contribution in [2.45, 2.75) is 11.8 Å². The van der Waals surface area contributed by atoms with Crippen LogP contribution in [-0.2, 0) is 0 Å². The Kier molecular flexibility index (Phi) is 7.03. The zero-order valence-electron chi connectivity index (χ0n) is 29.6. The number of hydrogen-bond acceptors (Lipinski definition) is 2. The van der Waals surface area contributed by atoms with Gasteiger partial charge in [0.1, 0.15) is 11.2 Å². The van der Waals surface area contributed by atoms with Crippen LogP contribution in [0.4, 0.5) is 17.1 Å². The van der Waals surface area contributed by atoms with Crippen molar-refractivity contribution in [1.29, 1.82) is 0 Å². The van der Waals surface area contributed by atoms with Gasteiger partial charge < -0.3 is 9.32 Å². The Balaban J connectivity index is 0.866. The van der Waals surface area contributed by atoms with Crippen LogP contribution in [0.15, 0.2) is 192 Å². The Morgan fingerprint density at radius 3 is 1.46 bits per heavy atom. The first kappa shape index (κ1) is 30.7. The number of rotatable bonds is 6. The summed E-state index contributed by atoms with van der Waals surface area (Å²) < 4.78 is 6.51. The molecule has 2 bridgehead atoms. The van der Waals surface area contributed by atoms with Gasteiger partial charge in [-0.05, 0) is 110 Å². The summed E-state index contributed by atoms with van der Waals surface area (Å²) in [4.78, 5) is 2.26. The molecule has 1 aromatic heterocycles. The first-order valence-electron chi connectivity index (χ1n) is 18.7. The molecular formula is C52H35NO. The third-order valence-electron chi connectivity index (χ3n) is 11.4. The van der Waals surface area contributed by atoms with Gasteiger partial charge in [0.25, 0.3) is 0 Å². The molecule has 1 heterocycles. The highest BCUT2D eigenvalue weighted by Crippen LogP contribution is 2.56. The van der Waals surface area contributed by atoms with Crippen molar-refractivity contribution in [2.24, 2.45) is 0 Å². The molecule has 0 atom stereocenters. The molecule has 0 spiro atoms. The first-order valence-corrected chi connectivity index (χ1v) is 18.7. The van der Waals surface area contributed by atoms with Gasteiger partial charge in [-0.1, -0.05) is 140 Å². The van der Waals surface area contributed by atoms with Crippen molar-refractivity contribution in [3.05, 3.63) is 233 Å². The van der Waals surface area contributed by atoms with E-state index < -0.39 is 0 Å². The summed E-state index contributed by atoms with van der Waals surface area (Å²) in [6, 6.07) is 68.0. The molecule has 0 saturated heterocycles. The number of benzene rings is 8. The number of furan rings is 1. The SMILES string of the molecule is C(=C\c1ccc2c(c1)oc1cc(N(c3ccccc3)c3ccccc3)ccc12)/c1ccc(-c2ccc3c(c2)C2c4ccccc4C3c3ccccc32)cc1. The molecular weight excluding hydrogens is 655 g/mol.